The standard InChI is InChI=1S/C28H36ClN3O6/c1-28(2,3)38-27(36)32(21-13-15-30-16-14-21)18-19-37-23-11-6-10-22(25(23)29)26(35)31(17-7-12-24(33)34)20-8-4-5-9-20/h6,10-11,13-16,20H,4-5,7-9,12,17-19H2,1-3H3,(H,33,34). The van der Waals surface area contributed by atoms with E-state index < -0.39 is 17.7 Å². The van der Waals surface area contributed by atoms with Gasteiger partial charge in [0, 0.05) is 31.4 Å². The summed E-state index contributed by atoms with van der Waals surface area (Å²) < 4.78 is 11.5. The largest absolute Gasteiger partial charge is 0.490 e. The van der Waals surface area contributed by atoms with Crippen LogP contribution in [0, 0.1) is 0 Å². The second-order valence-electron chi connectivity index (χ2n) is 10.2. The fraction of sp³-hybridized carbons (Fsp3) is 0.500. The van der Waals surface area contributed by atoms with Gasteiger partial charge in [-0.2, -0.15) is 0 Å². The average molecular weight is 546 g/mol. The summed E-state index contributed by atoms with van der Waals surface area (Å²) in [5.41, 5.74) is 0.252. The molecule has 0 atom stereocenters. The number of rotatable bonds is 11. The van der Waals surface area contributed by atoms with Crippen LogP contribution in [0.5, 0.6) is 5.75 Å². The predicted octanol–water partition coefficient (Wildman–Crippen LogP) is 5.81. The van der Waals surface area contributed by atoms with Gasteiger partial charge in [0.1, 0.15) is 18.0 Å². The van der Waals surface area contributed by atoms with Crippen molar-refractivity contribution in [2.24, 2.45) is 0 Å². The predicted molar refractivity (Wildman–Crippen MR) is 145 cm³/mol. The molecule has 3 rings (SSSR count). The average Bonchev–Trinajstić information content (AvgIpc) is 3.39. The number of aliphatic carboxylic acids is 1. The topological polar surface area (TPSA) is 109 Å². The molecule has 1 fully saturated rings. The number of aromatic nitrogens is 1. The summed E-state index contributed by atoms with van der Waals surface area (Å²) in [7, 11) is 0. The Hall–Kier alpha value is -3.33. The quantitative estimate of drug-likeness (QED) is 0.379. The number of anilines is 1. The number of nitrogens with zero attached hydrogens (tertiary/aromatic N) is 3. The van der Waals surface area contributed by atoms with E-state index in [2.05, 4.69) is 4.98 Å². The SMILES string of the molecule is CC(C)(C)OC(=O)N(CCOc1cccc(C(=O)N(CCCC(=O)O)C2CCCC2)c1Cl)c1ccncc1. The van der Waals surface area contributed by atoms with Crippen LogP contribution in [-0.2, 0) is 9.53 Å². The van der Waals surface area contributed by atoms with Crippen LogP contribution < -0.4 is 9.64 Å². The summed E-state index contributed by atoms with van der Waals surface area (Å²) >= 11 is 6.64. The lowest BCUT2D eigenvalue weighted by molar-refractivity contribution is -0.137. The Bertz CT molecular complexity index is 1100. The lowest BCUT2D eigenvalue weighted by Gasteiger charge is -2.29. The minimum Gasteiger partial charge on any atom is -0.490 e. The molecule has 0 radical (unpaired) electrons. The summed E-state index contributed by atoms with van der Waals surface area (Å²) in [6, 6.07) is 8.51. The molecule has 1 aromatic heterocycles. The minimum absolute atomic E-state index is 0.000984. The molecule has 10 heteroatoms. The Balaban J connectivity index is 1.72. The highest BCUT2D eigenvalue weighted by atomic mass is 35.5. The molecule has 0 aliphatic heterocycles. The van der Waals surface area contributed by atoms with Crippen LogP contribution in [0.1, 0.15) is 69.7 Å². The van der Waals surface area contributed by atoms with E-state index >= 15 is 0 Å². The lowest BCUT2D eigenvalue weighted by atomic mass is 10.1. The van der Waals surface area contributed by atoms with Crippen molar-refractivity contribution in [3.05, 3.63) is 53.3 Å². The molecule has 1 saturated carbocycles. The molecule has 2 amide bonds. The van der Waals surface area contributed by atoms with Crippen LogP contribution in [-0.4, -0.2) is 64.3 Å². The minimum atomic E-state index is -0.885. The molecule has 0 saturated heterocycles. The van der Waals surface area contributed by atoms with Crippen molar-refractivity contribution < 1.29 is 29.0 Å². The van der Waals surface area contributed by atoms with Crippen molar-refractivity contribution in [2.75, 3.05) is 24.6 Å². The number of hydrogen-bond donors (Lipinski definition) is 1. The van der Waals surface area contributed by atoms with E-state index in [-0.39, 0.29) is 36.5 Å². The first-order valence-electron chi connectivity index (χ1n) is 12.9. The maximum absolute atomic E-state index is 13.5. The third-order valence-corrected chi connectivity index (χ3v) is 6.56. The molecule has 38 heavy (non-hydrogen) atoms. The van der Waals surface area contributed by atoms with Crippen LogP contribution >= 0.6 is 11.6 Å². The number of amides is 2. The van der Waals surface area contributed by atoms with Gasteiger partial charge in [0.25, 0.3) is 5.91 Å². The van der Waals surface area contributed by atoms with Crippen molar-refractivity contribution >= 4 is 35.3 Å². The third-order valence-electron chi connectivity index (χ3n) is 6.17. The van der Waals surface area contributed by atoms with E-state index in [1.807, 2.05) is 0 Å². The maximum Gasteiger partial charge on any atom is 0.414 e. The molecule has 0 unspecified atom stereocenters. The molecule has 1 N–H and O–H groups in total. The summed E-state index contributed by atoms with van der Waals surface area (Å²) in [6.45, 7) is 6.02. The molecule has 206 valence electrons. The van der Waals surface area contributed by atoms with Gasteiger partial charge >= 0.3 is 12.1 Å². The van der Waals surface area contributed by atoms with Crippen molar-refractivity contribution in [3.63, 3.8) is 0 Å². The molecule has 1 heterocycles. The van der Waals surface area contributed by atoms with Crippen LogP contribution in [0.4, 0.5) is 10.5 Å². The van der Waals surface area contributed by atoms with Gasteiger partial charge < -0.3 is 19.5 Å². The monoisotopic (exact) mass is 545 g/mol. The number of hydrogen-bond acceptors (Lipinski definition) is 6. The van der Waals surface area contributed by atoms with Gasteiger partial charge in [-0.15, -0.1) is 0 Å². The van der Waals surface area contributed by atoms with E-state index in [0.29, 0.717) is 30.0 Å². The lowest BCUT2D eigenvalue weighted by Crippen LogP contribution is -2.40. The van der Waals surface area contributed by atoms with Gasteiger partial charge in [-0.25, -0.2) is 4.79 Å². The number of carbonyl (C=O) groups is 3. The Labute approximate surface area is 228 Å². The molecule has 1 aliphatic rings. The molecule has 9 nitrogen and oxygen atoms in total. The summed E-state index contributed by atoms with van der Waals surface area (Å²) in [4.78, 5) is 44.6. The van der Waals surface area contributed by atoms with Crippen molar-refractivity contribution in [2.45, 2.75) is 70.9 Å². The second kappa shape index (κ2) is 13.5. The van der Waals surface area contributed by atoms with E-state index in [1.54, 1.807) is 68.4 Å². The highest BCUT2D eigenvalue weighted by Crippen LogP contribution is 2.32. The molecular weight excluding hydrogens is 510 g/mol. The van der Waals surface area contributed by atoms with Crippen LogP contribution in [0.25, 0.3) is 0 Å². The maximum atomic E-state index is 13.5. The van der Waals surface area contributed by atoms with Gasteiger partial charge in [0.2, 0.25) is 0 Å². The number of carboxylic acids is 1. The van der Waals surface area contributed by atoms with Gasteiger partial charge in [0.05, 0.1) is 22.8 Å². The van der Waals surface area contributed by atoms with Crippen molar-refractivity contribution in [3.8, 4) is 5.75 Å². The van der Waals surface area contributed by atoms with Gasteiger partial charge in [-0.05, 0) is 64.3 Å². The zero-order valence-corrected chi connectivity index (χ0v) is 22.9. The Morgan fingerprint density at radius 1 is 1.08 bits per heavy atom. The Morgan fingerprint density at radius 2 is 1.76 bits per heavy atom. The van der Waals surface area contributed by atoms with E-state index in [9.17, 15) is 14.4 Å². The zero-order chi connectivity index (χ0) is 27.7. The number of carboxylic acid groups (broad SMARTS) is 1. The van der Waals surface area contributed by atoms with Crippen LogP contribution in [0.15, 0.2) is 42.7 Å². The smallest absolute Gasteiger partial charge is 0.414 e. The first-order valence-corrected chi connectivity index (χ1v) is 13.3. The van der Waals surface area contributed by atoms with E-state index in [1.165, 1.54) is 4.90 Å². The molecule has 1 aromatic carbocycles. The second-order valence-corrected chi connectivity index (χ2v) is 10.6. The highest BCUT2D eigenvalue weighted by molar-refractivity contribution is 6.35. The molecular formula is C28H36ClN3O6. The normalized spacial score (nSPS) is 13.7. The molecule has 2 aromatic rings. The molecule has 0 spiro atoms. The zero-order valence-electron chi connectivity index (χ0n) is 22.2. The van der Waals surface area contributed by atoms with Gasteiger partial charge in [-0.3, -0.25) is 19.5 Å². The fourth-order valence-electron chi connectivity index (χ4n) is 4.42. The number of pyridine rings is 1. The Kier molecular flexibility index (Phi) is 10.4. The number of carbonyl (C=O) groups excluding carboxylic acids is 2. The van der Waals surface area contributed by atoms with Crippen molar-refractivity contribution in [1.29, 1.82) is 0 Å². The first kappa shape index (κ1) is 29.2. The highest BCUT2D eigenvalue weighted by Gasteiger charge is 2.29. The van der Waals surface area contributed by atoms with Gasteiger partial charge in [0.15, 0.2) is 0 Å². The third kappa shape index (κ3) is 8.34. The number of ether oxygens (including phenoxy) is 2. The van der Waals surface area contributed by atoms with Crippen LogP contribution in [0.2, 0.25) is 5.02 Å². The number of benzene rings is 1. The molecule has 0 bridgehead atoms. The van der Waals surface area contributed by atoms with E-state index in [0.717, 1.165) is 25.7 Å². The van der Waals surface area contributed by atoms with Crippen molar-refractivity contribution in [1.82, 2.24) is 9.88 Å². The fourth-order valence-corrected chi connectivity index (χ4v) is 4.68. The van der Waals surface area contributed by atoms with Gasteiger partial charge in [-0.1, -0.05) is 30.5 Å². The number of halogens is 1. The first-order chi connectivity index (χ1) is 18.1. The Morgan fingerprint density at radius 3 is 2.39 bits per heavy atom. The van der Waals surface area contributed by atoms with E-state index in [4.69, 9.17) is 26.2 Å². The summed E-state index contributed by atoms with van der Waals surface area (Å²) in [5.74, 6) is -0.789. The van der Waals surface area contributed by atoms with Crippen LogP contribution in [0.3, 0.4) is 0 Å². The summed E-state index contributed by atoms with van der Waals surface area (Å²) in [5, 5.41) is 9.22. The summed E-state index contributed by atoms with van der Waals surface area (Å²) in [6.07, 6.45) is 6.89. The molecule has 1 aliphatic carbocycles.